The zero-order valence-electron chi connectivity index (χ0n) is 11.5. The van der Waals surface area contributed by atoms with Crippen molar-refractivity contribution in [2.75, 3.05) is 6.54 Å². The van der Waals surface area contributed by atoms with Crippen molar-refractivity contribution in [1.29, 1.82) is 0 Å². The van der Waals surface area contributed by atoms with Crippen LogP contribution in [0.1, 0.15) is 36.3 Å². The molecule has 0 aliphatic carbocycles. The molecule has 0 aliphatic heterocycles. The molecule has 2 heterocycles. The summed E-state index contributed by atoms with van der Waals surface area (Å²) in [7, 11) is 3.93. The van der Waals surface area contributed by atoms with E-state index in [1.807, 2.05) is 36.6 Å². The standard InChI is InChI=1S/C13H21N5/c1-5-7-14-13(12-6-8-15-18(12)4)11-9-17(3)16-10(11)2/h6,8-9,13-14H,5,7H2,1-4H3. The number of rotatable bonds is 5. The van der Waals surface area contributed by atoms with E-state index in [9.17, 15) is 0 Å². The molecule has 98 valence electrons. The summed E-state index contributed by atoms with van der Waals surface area (Å²) < 4.78 is 3.78. The molecule has 5 nitrogen and oxygen atoms in total. The van der Waals surface area contributed by atoms with Crippen molar-refractivity contribution in [3.8, 4) is 0 Å². The van der Waals surface area contributed by atoms with Crippen LogP contribution in [0.3, 0.4) is 0 Å². The van der Waals surface area contributed by atoms with Gasteiger partial charge in [-0.25, -0.2) is 0 Å². The average Bonchev–Trinajstić information content (AvgIpc) is 2.87. The van der Waals surface area contributed by atoms with Crippen molar-refractivity contribution < 1.29 is 0 Å². The molecule has 0 saturated heterocycles. The van der Waals surface area contributed by atoms with Crippen LogP contribution < -0.4 is 5.32 Å². The second-order valence-electron chi connectivity index (χ2n) is 4.61. The molecule has 18 heavy (non-hydrogen) atoms. The van der Waals surface area contributed by atoms with Crippen molar-refractivity contribution in [3.63, 3.8) is 0 Å². The second kappa shape index (κ2) is 5.35. The first-order chi connectivity index (χ1) is 8.63. The largest absolute Gasteiger partial charge is 0.305 e. The van der Waals surface area contributed by atoms with Crippen LogP contribution >= 0.6 is 0 Å². The third-order valence-electron chi connectivity index (χ3n) is 3.12. The zero-order valence-corrected chi connectivity index (χ0v) is 11.5. The molecule has 0 aromatic carbocycles. The molecule has 0 spiro atoms. The highest BCUT2D eigenvalue weighted by Crippen LogP contribution is 2.23. The Kier molecular flexibility index (Phi) is 3.81. The maximum absolute atomic E-state index is 4.43. The second-order valence-corrected chi connectivity index (χ2v) is 4.61. The van der Waals surface area contributed by atoms with Crippen LogP contribution in [0.5, 0.6) is 0 Å². The van der Waals surface area contributed by atoms with Crippen molar-refractivity contribution in [1.82, 2.24) is 24.9 Å². The minimum atomic E-state index is 0.158. The van der Waals surface area contributed by atoms with Gasteiger partial charge in [0.15, 0.2) is 0 Å². The van der Waals surface area contributed by atoms with E-state index in [2.05, 4.69) is 34.7 Å². The minimum absolute atomic E-state index is 0.158. The van der Waals surface area contributed by atoms with E-state index in [-0.39, 0.29) is 6.04 Å². The normalized spacial score (nSPS) is 12.9. The maximum atomic E-state index is 4.43. The highest BCUT2D eigenvalue weighted by Gasteiger charge is 2.20. The molecule has 1 N–H and O–H groups in total. The van der Waals surface area contributed by atoms with Gasteiger partial charge < -0.3 is 5.32 Å². The third kappa shape index (κ3) is 2.46. The average molecular weight is 247 g/mol. The highest BCUT2D eigenvalue weighted by molar-refractivity contribution is 5.28. The summed E-state index contributed by atoms with van der Waals surface area (Å²) >= 11 is 0. The summed E-state index contributed by atoms with van der Waals surface area (Å²) in [6.45, 7) is 5.19. The molecule has 2 aromatic rings. The highest BCUT2D eigenvalue weighted by atomic mass is 15.3. The van der Waals surface area contributed by atoms with E-state index in [0.717, 1.165) is 18.7 Å². The quantitative estimate of drug-likeness (QED) is 0.872. The fourth-order valence-electron chi connectivity index (χ4n) is 2.23. The van der Waals surface area contributed by atoms with Gasteiger partial charge in [-0.05, 0) is 26.0 Å². The van der Waals surface area contributed by atoms with Gasteiger partial charge in [-0.15, -0.1) is 0 Å². The fourth-order valence-corrected chi connectivity index (χ4v) is 2.23. The van der Waals surface area contributed by atoms with Gasteiger partial charge in [0.1, 0.15) is 0 Å². The number of hydrogen-bond acceptors (Lipinski definition) is 3. The van der Waals surface area contributed by atoms with E-state index >= 15 is 0 Å². The molecule has 0 radical (unpaired) electrons. The lowest BCUT2D eigenvalue weighted by Gasteiger charge is -2.18. The lowest BCUT2D eigenvalue weighted by Crippen LogP contribution is -2.25. The third-order valence-corrected chi connectivity index (χ3v) is 3.12. The van der Waals surface area contributed by atoms with Crippen LogP contribution in [-0.2, 0) is 14.1 Å². The number of hydrogen-bond donors (Lipinski definition) is 1. The number of nitrogens with zero attached hydrogens (tertiary/aromatic N) is 4. The van der Waals surface area contributed by atoms with Crippen molar-refractivity contribution in [3.05, 3.63) is 35.4 Å². The molecule has 2 rings (SSSR count). The summed E-state index contributed by atoms with van der Waals surface area (Å²) in [6.07, 6.45) is 5.02. The molecule has 5 heteroatoms. The Morgan fingerprint density at radius 3 is 2.67 bits per heavy atom. The summed E-state index contributed by atoms with van der Waals surface area (Å²) in [6, 6.07) is 2.21. The Balaban J connectivity index is 2.37. The summed E-state index contributed by atoms with van der Waals surface area (Å²) in [5.41, 5.74) is 3.45. The zero-order chi connectivity index (χ0) is 13.1. The molecule has 0 saturated carbocycles. The Morgan fingerprint density at radius 1 is 1.39 bits per heavy atom. The van der Waals surface area contributed by atoms with Crippen molar-refractivity contribution in [2.24, 2.45) is 14.1 Å². The molecule has 0 amide bonds. The van der Waals surface area contributed by atoms with Gasteiger partial charge in [-0.2, -0.15) is 10.2 Å². The topological polar surface area (TPSA) is 47.7 Å². The smallest absolute Gasteiger partial charge is 0.0781 e. The maximum Gasteiger partial charge on any atom is 0.0781 e. The van der Waals surface area contributed by atoms with Gasteiger partial charge >= 0.3 is 0 Å². The molecule has 0 fully saturated rings. The van der Waals surface area contributed by atoms with Crippen LogP contribution in [0.2, 0.25) is 0 Å². The number of aromatic nitrogens is 4. The molecule has 0 aliphatic rings. The van der Waals surface area contributed by atoms with Crippen LogP contribution in [0.25, 0.3) is 0 Å². The SMILES string of the molecule is CCCNC(c1cn(C)nc1C)c1ccnn1C. The summed E-state index contributed by atoms with van der Waals surface area (Å²) in [5, 5.41) is 12.3. The van der Waals surface area contributed by atoms with Gasteiger partial charge in [0.05, 0.1) is 17.4 Å². The van der Waals surface area contributed by atoms with Crippen molar-refractivity contribution in [2.45, 2.75) is 26.3 Å². The van der Waals surface area contributed by atoms with E-state index in [4.69, 9.17) is 0 Å². The predicted molar refractivity (Wildman–Crippen MR) is 71.3 cm³/mol. The first-order valence-corrected chi connectivity index (χ1v) is 6.35. The van der Waals surface area contributed by atoms with Crippen LogP contribution in [0.15, 0.2) is 18.5 Å². The van der Waals surface area contributed by atoms with E-state index < -0.39 is 0 Å². The Labute approximate surface area is 108 Å². The lowest BCUT2D eigenvalue weighted by molar-refractivity contribution is 0.551. The van der Waals surface area contributed by atoms with Gasteiger partial charge in [0.25, 0.3) is 0 Å². The molecule has 0 bridgehead atoms. The monoisotopic (exact) mass is 247 g/mol. The first-order valence-electron chi connectivity index (χ1n) is 6.35. The molecule has 2 aromatic heterocycles. The van der Waals surface area contributed by atoms with Crippen LogP contribution in [0.4, 0.5) is 0 Å². The Bertz CT molecular complexity index is 511. The predicted octanol–water partition coefficient (Wildman–Crippen LogP) is 1.55. The van der Waals surface area contributed by atoms with Gasteiger partial charge in [0, 0.05) is 32.1 Å². The molecule has 1 atom stereocenters. The summed E-state index contributed by atoms with van der Waals surface area (Å²) in [4.78, 5) is 0. The van der Waals surface area contributed by atoms with Crippen LogP contribution in [-0.4, -0.2) is 26.1 Å². The Hall–Kier alpha value is -1.62. The van der Waals surface area contributed by atoms with Gasteiger partial charge in [0.2, 0.25) is 0 Å². The van der Waals surface area contributed by atoms with Crippen molar-refractivity contribution >= 4 is 0 Å². The molecular formula is C13H21N5. The molecular weight excluding hydrogens is 226 g/mol. The molecule has 1 unspecified atom stereocenters. The number of nitrogens with one attached hydrogen (secondary N) is 1. The minimum Gasteiger partial charge on any atom is -0.305 e. The fraction of sp³-hybridized carbons (Fsp3) is 0.538. The Morgan fingerprint density at radius 2 is 2.17 bits per heavy atom. The van der Waals surface area contributed by atoms with Crippen LogP contribution in [0, 0.1) is 6.92 Å². The van der Waals surface area contributed by atoms with Gasteiger partial charge in [-0.3, -0.25) is 9.36 Å². The summed E-state index contributed by atoms with van der Waals surface area (Å²) in [5.74, 6) is 0. The lowest BCUT2D eigenvalue weighted by atomic mass is 10.0. The van der Waals surface area contributed by atoms with Gasteiger partial charge in [-0.1, -0.05) is 6.92 Å². The number of aryl methyl sites for hydroxylation is 3. The van der Waals surface area contributed by atoms with E-state index in [1.165, 1.54) is 11.3 Å². The van der Waals surface area contributed by atoms with E-state index in [0.29, 0.717) is 0 Å². The van der Waals surface area contributed by atoms with E-state index in [1.54, 1.807) is 0 Å². The first kappa shape index (κ1) is 12.8.